The van der Waals surface area contributed by atoms with Gasteiger partial charge in [-0.25, -0.2) is 4.57 Å². The number of furan rings is 1. The maximum atomic E-state index is 11.8. The molecule has 0 bridgehead atoms. The Morgan fingerprint density at radius 2 is 2.06 bits per heavy atom. The summed E-state index contributed by atoms with van der Waals surface area (Å²) in [5, 5.41) is 0. The lowest BCUT2D eigenvalue weighted by Crippen LogP contribution is -2.14. The van der Waals surface area contributed by atoms with Gasteiger partial charge in [0.15, 0.2) is 0 Å². The van der Waals surface area contributed by atoms with Crippen LogP contribution in [0.4, 0.5) is 0 Å². The Labute approximate surface area is 94.4 Å². The van der Waals surface area contributed by atoms with Crippen molar-refractivity contribution in [3.63, 3.8) is 0 Å². The molecule has 0 aliphatic rings. The highest BCUT2D eigenvalue weighted by Gasteiger charge is 2.25. The van der Waals surface area contributed by atoms with Crippen molar-refractivity contribution in [3.8, 4) is 0 Å². The monoisotopic (exact) mass is 249 g/mol. The molecule has 0 unspecified atom stereocenters. The third-order valence-electron chi connectivity index (χ3n) is 1.58. The van der Waals surface area contributed by atoms with E-state index in [2.05, 4.69) is 5.48 Å². The molecule has 0 aromatic carbocycles. The minimum absolute atomic E-state index is 0.250. The molecule has 6 nitrogen and oxygen atoms in total. The first kappa shape index (κ1) is 13.4. The average molecular weight is 249 g/mol. The topological polar surface area (TPSA) is 69.9 Å². The molecule has 0 aliphatic heterocycles. The lowest BCUT2D eigenvalue weighted by atomic mass is 10.5. The second-order valence-corrected chi connectivity index (χ2v) is 4.37. The molecule has 0 saturated heterocycles. The fourth-order valence-corrected chi connectivity index (χ4v) is 2.04. The van der Waals surface area contributed by atoms with Gasteiger partial charge in [0.1, 0.15) is 5.76 Å². The second kappa shape index (κ2) is 6.83. The lowest BCUT2D eigenvalue weighted by molar-refractivity contribution is 0.0719. The highest BCUT2D eigenvalue weighted by atomic mass is 31.2. The summed E-state index contributed by atoms with van der Waals surface area (Å²) in [6.45, 7) is 4.21. The summed E-state index contributed by atoms with van der Waals surface area (Å²) in [7, 11) is -3.49. The van der Waals surface area contributed by atoms with Gasteiger partial charge in [0.2, 0.25) is 0 Å². The molecule has 92 valence electrons. The summed E-state index contributed by atoms with van der Waals surface area (Å²) in [4.78, 5) is 0. The molecule has 1 N–H and O–H groups in total. The van der Waals surface area contributed by atoms with Crippen LogP contribution in [0.5, 0.6) is 0 Å². The van der Waals surface area contributed by atoms with Crippen LogP contribution in [-0.4, -0.2) is 13.2 Å². The Bertz CT molecular complexity index is 317. The molecular weight excluding hydrogens is 233 g/mol. The predicted molar refractivity (Wildman–Crippen MR) is 57.5 cm³/mol. The van der Waals surface area contributed by atoms with Crippen LogP contribution in [-0.2, 0) is 24.8 Å². The number of hydrogen-bond acceptors (Lipinski definition) is 6. The SMILES string of the molecule is CCOP(=O)(OCC)ONCc1ccco1. The molecule has 0 amide bonds. The van der Waals surface area contributed by atoms with Crippen molar-refractivity contribution in [1.29, 1.82) is 0 Å². The second-order valence-electron chi connectivity index (χ2n) is 2.77. The molecule has 1 rings (SSSR count). The number of rotatable bonds is 8. The fraction of sp³-hybridized carbons (Fsp3) is 0.556. The molecular formula is C9H16NO5P. The average Bonchev–Trinajstić information content (AvgIpc) is 2.71. The van der Waals surface area contributed by atoms with E-state index in [1.54, 1.807) is 32.2 Å². The first-order valence-electron chi connectivity index (χ1n) is 5.03. The Balaban J connectivity index is 2.35. The summed E-state index contributed by atoms with van der Waals surface area (Å²) in [5.74, 6) is 0.666. The van der Waals surface area contributed by atoms with Gasteiger partial charge in [-0.05, 0) is 26.0 Å². The first-order valence-corrected chi connectivity index (χ1v) is 6.49. The normalized spacial score (nSPS) is 11.9. The van der Waals surface area contributed by atoms with Crippen LogP contribution in [0.15, 0.2) is 22.8 Å². The highest BCUT2D eigenvalue weighted by Crippen LogP contribution is 2.48. The Hall–Kier alpha value is -0.650. The number of phosphoric acid groups is 1. The van der Waals surface area contributed by atoms with Crippen molar-refractivity contribution >= 4 is 7.82 Å². The van der Waals surface area contributed by atoms with Gasteiger partial charge in [-0.15, -0.1) is 0 Å². The van der Waals surface area contributed by atoms with Crippen molar-refractivity contribution in [2.45, 2.75) is 20.4 Å². The zero-order valence-electron chi connectivity index (χ0n) is 9.34. The van der Waals surface area contributed by atoms with Crippen molar-refractivity contribution in [3.05, 3.63) is 24.2 Å². The number of hydrogen-bond donors (Lipinski definition) is 1. The molecule has 7 heteroatoms. The molecule has 0 atom stereocenters. The van der Waals surface area contributed by atoms with Gasteiger partial charge in [-0.1, -0.05) is 0 Å². The van der Waals surface area contributed by atoms with E-state index in [1.165, 1.54) is 0 Å². The molecule has 0 fully saturated rings. The van der Waals surface area contributed by atoms with E-state index in [-0.39, 0.29) is 19.8 Å². The van der Waals surface area contributed by atoms with Gasteiger partial charge < -0.3 is 4.42 Å². The van der Waals surface area contributed by atoms with E-state index in [0.717, 1.165) is 0 Å². The van der Waals surface area contributed by atoms with Gasteiger partial charge in [-0.3, -0.25) is 9.05 Å². The smallest absolute Gasteiger partial charge is 0.468 e. The van der Waals surface area contributed by atoms with Crippen molar-refractivity contribution < 1.29 is 22.7 Å². The van der Waals surface area contributed by atoms with E-state index in [9.17, 15) is 4.57 Å². The van der Waals surface area contributed by atoms with Crippen LogP contribution in [0.2, 0.25) is 0 Å². The summed E-state index contributed by atoms with van der Waals surface area (Å²) < 4.78 is 31.5. The van der Waals surface area contributed by atoms with Crippen LogP contribution >= 0.6 is 7.82 Å². The van der Waals surface area contributed by atoms with Gasteiger partial charge in [0, 0.05) is 0 Å². The number of phosphoric ester groups is 1. The summed E-state index contributed by atoms with van der Waals surface area (Å²) in [6.07, 6.45) is 1.54. The molecule has 1 heterocycles. The third-order valence-corrected chi connectivity index (χ3v) is 3.08. The Kier molecular flexibility index (Phi) is 5.73. The molecule has 0 aliphatic carbocycles. The summed E-state index contributed by atoms with van der Waals surface area (Å²) >= 11 is 0. The van der Waals surface area contributed by atoms with Crippen LogP contribution in [0.3, 0.4) is 0 Å². The summed E-state index contributed by atoms with van der Waals surface area (Å²) in [6, 6.07) is 3.52. The quantitative estimate of drug-likeness (QED) is 0.563. The largest absolute Gasteiger partial charge is 0.491 e. The highest BCUT2D eigenvalue weighted by molar-refractivity contribution is 7.48. The van der Waals surface area contributed by atoms with Gasteiger partial charge in [-0.2, -0.15) is 10.1 Å². The van der Waals surface area contributed by atoms with E-state index < -0.39 is 7.82 Å². The minimum Gasteiger partial charge on any atom is -0.468 e. The zero-order chi connectivity index (χ0) is 11.9. The van der Waals surface area contributed by atoms with Crippen molar-refractivity contribution in [2.24, 2.45) is 0 Å². The Morgan fingerprint density at radius 3 is 2.56 bits per heavy atom. The predicted octanol–water partition coefficient (Wildman–Crippen LogP) is 2.48. The molecule has 0 spiro atoms. The Morgan fingerprint density at radius 1 is 1.38 bits per heavy atom. The van der Waals surface area contributed by atoms with E-state index in [1.807, 2.05) is 0 Å². The van der Waals surface area contributed by atoms with E-state index >= 15 is 0 Å². The molecule has 0 radical (unpaired) electrons. The summed E-state index contributed by atoms with van der Waals surface area (Å²) in [5.41, 5.74) is 2.49. The molecule has 1 aromatic heterocycles. The van der Waals surface area contributed by atoms with Crippen LogP contribution < -0.4 is 5.48 Å². The first-order chi connectivity index (χ1) is 7.70. The van der Waals surface area contributed by atoms with Crippen molar-refractivity contribution in [1.82, 2.24) is 5.48 Å². The maximum absolute atomic E-state index is 11.8. The van der Waals surface area contributed by atoms with Gasteiger partial charge in [0.25, 0.3) is 0 Å². The molecule has 16 heavy (non-hydrogen) atoms. The fourth-order valence-electron chi connectivity index (χ4n) is 1.00. The van der Waals surface area contributed by atoms with Crippen LogP contribution in [0.25, 0.3) is 0 Å². The molecule has 0 saturated carbocycles. The molecule has 1 aromatic rings. The lowest BCUT2D eigenvalue weighted by Gasteiger charge is -2.15. The van der Waals surface area contributed by atoms with Gasteiger partial charge >= 0.3 is 7.82 Å². The van der Waals surface area contributed by atoms with Gasteiger partial charge in [0.05, 0.1) is 26.0 Å². The van der Waals surface area contributed by atoms with Crippen LogP contribution in [0.1, 0.15) is 19.6 Å². The van der Waals surface area contributed by atoms with Crippen LogP contribution in [0, 0.1) is 0 Å². The van der Waals surface area contributed by atoms with E-state index in [0.29, 0.717) is 5.76 Å². The van der Waals surface area contributed by atoms with E-state index in [4.69, 9.17) is 18.1 Å². The number of nitrogens with one attached hydrogen (secondary N) is 1. The van der Waals surface area contributed by atoms with Crippen molar-refractivity contribution in [2.75, 3.05) is 13.2 Å². The number of hydroxylamine groups is 1. The minimum atomic E-state index is -3.49. The zero-order valence-corrected chi connectivity index (χ0v) is 10.2. The standard InChI is InChI=1S/C9H16NO5P/c1-3-13-16(11,14-4-2)15-10-8-9-6-5-7-12-9/h5-7,10H,3-4,8H2,1-2H3. The maximum Gasteiger partial charge on any atom is 0.491 e. The third kappa shape index (κ3) is 4.47.